The van der Waals surface area contributed by atoms with Crippen LogP contribution in [-0.2, 0) is 5.88 Å². The van der Waals surface area contributed by atoms with Gasteiger partial charge in [0.05, 0.1) is 0 Å². The van der Waals surface area contributed by atoms with Crippen LogP contribution >= 0.6 is 23.2 Å². The number of rotatable bonds is 3. The Hall–Kier alpha value is -1.51. The van der Waals surface area contributed by atoms with Gasteiger partial charge in [0.25, 0.3) is 5.91 Å². The molecule has 0 aliphatic rings. The zero-order chi connectivity index (χ0) is 13.8. The highest BCUT2D eigenvalue weighted by Crippen LogP contribution is 2.17. The smallest absolute Gasteiger partial charge is 0.255 e. The van der Waals surface area contributed by atoms with Gasteiger partial charge in [-0.1, -0.05) is 23.7 Å². The van der Waals surface area contributed by atoms with Gasteiger partial charge in [-0.15, -0.1) is 11.6 Å². The van der Waals surface area contributed by atoms with E-state index in [0.29, 0.717) is 16.5 Å². The van der Waals surface area contributed by atoms with Crippen LogP contribution in [-0.4, -0.2) is 5.91 Å². The number of carbonyl (C=O) groups is 1. The number of halogens is 2. The minimum absolute atomic E-state index is 0.177. The quantitative estimate of drug-likeness (QED) is 0.821. The normalized spacial score (nSPS) is 10.3. The van der Waals surface area contributed by atoms with E-state index in [1.54, 1.807) is 12.1 Å². The first-order valence-corrected chi connectivity index (χ1v) is 6.73. The summed E-state index contributed by atoms with van der Waals surface area (Å²) in [6, 6.07) is 12.7. The average Bonchev–Trinajstić information content (AvgIpc) is 2.38. The third-order valence-electron chi connectivity index (χ3n) is 2.67. The van der Waals surface area contributed by atoms with E-state index in [-0.39, 0.29) is 5.91 Å². The summed E-state index contributed by atoms with van der Waals surface area (Å²) >= 11 is 11.7. The highest BCUT2D eigenvalue weighted by atomic mass is 35.5. The molecule has 19 heavy (non-hydrogen) atoms. The SMILES string of the molecule is Cc1cc(Cl)cc(C(=O)Nc2ccc(CCl)cc2)c1. The molecule has 4 heteroatoms. The van der Waals surface area contributed by atoms with Crippen molar-refractivity contribution in [3.8, 4) is 0 Å². The third-order valence-corrected chi connectivity index (χ3v) is 3.20. The number of benzene rings is 2. The number of aryl methyl sites for hydroxylation is 1. The molecule has 2 aromatic carbocycles. The summed E-state index contributed by atoms with van der Waals surface area (Å²) in [7, 11) is 0. The topological polar surface area (TPSA) is 29.1 Å². The summed E-state index contributed by atoms with van der Waals surface area (Å²) in [5, 5.41) is 3.38. The van der Waals surface area contributed by atoms with Crippen LogP contribution in [0.2, 0.25) is 5.02 Å². The lowest BCUT2D eigenvalue weighted by Gasteiger charge is -2.07. The van der Waals surface area contributed by atoms with Gasteiger partial charge in [-0.05, 0) is 48.4 Å². The largest absolute Gasteiger partial charge is 0.322 e. The molecule has 0 fully saturated rings. The second-order valence-corrected chi connectivity index (χ2v) is 5.01. The van der Waals surface area contributed by atoms with Gasteiger partial charge in [0.15, 0.2) is 0 Å². The van der Waals surface area contributed by atoms with Crippen molar-refractivity contribution in [3.63, 3.8) is 0 Å². The molecule has 1 amide bonds. The zero-order valence-electron chi connectivity index (χ0n) is 10.4. The van der Waals surface area contributed by atoms with E-state index in [1.807, 2.05) is 37.3 Å². The van der Waals surface area contributed by atoms with Crippen molar-refractivity contribution in [2.75, 3.05) is 5.32 Å². The van der Waals surface area contributed by atoms with Crippen molar-refractivity contribution in [1.82, 2.24) is 0 Å². The summed E-state index contributed by atoms with van der Waals surface area (Å²) < 4.78 is 0. The lowest BCUT2D eigenvalue weighted by molar-refractivity contribution is 0.102. The Balaban J connectivity index is 2.15. The maximum Gasteiger partial charge on any atom is 0.255 e. The number of carbonyl (C=O) groups excluding carboxylic acids is 1. The van der Waals surface area contributed by atoms with Gasteiger partial charge < -0.3 is 5.32 Å². The summed E-state index contributed by atoms with van der Waals surface area (Å²) in [5.41, 5.74) is 3.25. The molecular formula is C15H13Cl2NO. The molecule has 0 saturated heterocycles. The van der Waals surface area contributed by atoms with Crippen molar-refractivity contribution in [3.05, 3.63) is 64.2 Å². The fourth-order valence-corrected chi connectivity index (χ4v) is 2.22. The lowest BCUT2D eigenvalue weighted by Crippen LogP contribution is -2.12. The Morgan fingerprint density at radius 1 is 1.16 bits per heavy atom. The maximum atomic E-state index is 12.1. The van der Waals surface area contributed by atoms with E-state index in [1.165, 1.54) is 0 Å². The van der Waals surface area contributed by atoms with E-state index in [0.717, 1.165) is 16.8 Å². The molecule has 98 valence electrons. The van der Waals surface area contributed by atoms with E-state index in [9.17, 15) is 4.79 Å². The standard InChI is InChI=1S/C15H13Cl2NO/c1-10-6-12(8-13(17)7-10)15(19)18-14-4-2-11(9-16)3-5-14/h2-8H,9H2,1H3,(H,18,19). The molecule has 0 spiro atoms. The molecule has 0 unspecified atom stereocenters. The van der Waals surface area contributed by atoms with Crippen LogP contribution in [0, 0.1) is 6.92 Å². The summed E-state index contributed by atoms with van der Waals surface area (Å²) in [4.78, 5) is 12.1. The molecule has 1 N–H and O–H groups in total. The Kier molecular flexibility index (Phi) is 4.46. The summed E-state index contributed by atoms with van der Waals surface area (Å²) in [6.07, 6.45) is 0. The molecule has 2 aromatic rings. The molecule has 0 atom stereocenters. The predicted molar refractivity (Wildman–Crippen MR) is 80.1 cm³/mol. The maximum absolute atomic E-state index is 12.1. The number of hydrogen-bond acceptors (Lipinski definition) is 1. The third kappa shape index (κ3) is 3.72. The number of nitrogens with one attached hydrogen (secondary N) is 1. The van der Waals surface area contributed by atoms with Gasteiger partial charge in [-0.3, -0.25) is 4.79 Å². The van der Waals surface area contributed by atoms with Crippen LogP contribution in [0.3, 0.4) is 0 Å². The van der Waals surface area contributed by atoms with Crippen LogP contribution in [0.25, 0.3) is 0 Å². The Morgan fingerprint density at radius 2 is 1.84 bits per heavy atom. The molecule has 2 nitrogen and oxygen atoms in total. The fourth-order valence-electron chi connectivity index (χ4n) is 1.75. The van der Waals surface area contributed by atoms with Gasteiger partial charge >= 0.3 is 0 Å². The van der Waals surface area contributed by atoms with Gasteiger partial charge in [-0.25, -0.2) is 0 Å². The minimum Gasteiger partial charge on any atom is -0.322 e. The number of amides is 1. The second-order valence-electron chi connectivity index (χ2n) is 4.30. The van der Waals surface area contributed by atoms with E-state index in [4.69, 9.17) is 23.2 Å². The number of alkyl halides is 1. The molecular weight excluding hydrogens is 281 g/mol. The van der Waals surface area contributed by atoms with Crippen LogP contribution in [0.1, 0.15) is 21.5 Å². The molecule has 0 aliphatic carbocycles. The molecule has 0 heterocycles. The number of hydrogen-bond donors (Lipinski definition) is 1. The zero-order valence-corrected chi connectivity index (χ0v) is 11.9. The van der Waals surface area contributed by atoms with E-state index in [2.05, 4.69) is 5.32 Å². The Labute approximate surface area is 122 Å². The first-order chi connectivity index (χ1) is 9.08. The molecule has 0 aliphatic heterocycles. The van der Waals surface area contributed by atoms with Crippen molar-refractivity contribution in [2.45, 2.75) is 12.8 Å². The van der Waals surface area contributed by atoms with Gasteiger partial charge in [-0.2, -0.15) is 0 Å². The first kappa shape index (κ1) is 13.9. The first-order valence-electron chi connectivity index (χ1n) is 5.82. The average molecular weight is 294 g/mol. The van der Waals surface area contributed by atoms with Crippen molar-refractivity contribution < 1.29 is 4.79 Å². The van der Waals surface area contributed by atoms with Crippen LogP contribution < -0.4 is 5.32 Å². The van der Waals surface area contributed by atoms with Crippen molar-refractivity contribution in [2.24, 2.45) is 0 Å². The molecule has 0 radical (unpaired) electrons. The van der Waals surface area contributed by atoms with Gasteiger partial charge in [0.1, 0.15) is 0 Å². The van der Waals surface area contributed by atoms with Gasteiger partial charge in [0.2, 0.25) is 0 Å². The predicted octanol–water partition coefficient (Wildman–Crippen LogP) is 4.64. The molecule has 0 aromatic heterocycles. The minimum atomic E-state index is -0.177. The van der Waals surface area contributed by atoms with Crippen LogP contribution in [0.15, 0.2) is 42.5 Å². The van der Waals surface area contributed by atoms with Crippen LogP contribution in [0.4, 0.5) is 5.69 Å². The highest BCUT2D eigenvalue weighted by Gasteiger charge is 2.07. The van der Waals surface area contributed by atoms with Crippen molar-refractivity contribution >= 4 is 34.8 Å². The highest BCUT2D eigenvalue weighted by molar-refractivity contribution is 6.31. The summed E-state index contributed by atoms with van der Waals surface area (Å²) in [5.74, 6) is 0.283. The number of anilines is 1. The Bertz CT molecular complexity index is 573. The van der Waals surface area contributed by atoms with E-state index >= 15 is 0 Å². The van der Waals surface area contributed by atoms with E-state index < -0.39 is 0 Å². The summed E-state index contributed by atoms with van der Waals surface area (Å²) in [6.45, 7) is 1.90. The van der Waals surface area contributed by atoms with Gasteiger partial charge in [0, 0.05) is 22.2 Å². The second kappa shape index (κ2) is 6.09. The Morgan fingerprint density at radius 3 is 2.42 bits per heavy atom. The molecule has 0 saturated carbocycles. The van der Waals surface area contributed by atoms with Crippen LogP contribution in [0.5, 0.6) is 0 Å². The monoisotopic (exact) mass is 293 g/mol. The molecule has 2 rings (SSSR count). The van der Waals surface area contributed by atoms with Crippen molar-refractivity contribution in [1.29, 1.82) is 0 Å². The lowest BCUT2D eigenvalue weighted by atomic mass is 10.1. The molecule has 0 bridgehead atoms. The fraction of sp³-hybridized carbons (Fsp3) is 0.133.